The van der Waals surface area contributed by atoms with Crippen molar-refractivity contribution in [1.29, 1.82) is 0 Å². The molecule has 0 saturated carbocycles. The van der Waals surface area contributed by atoms with Crippen LogP contribution in [-0.4, -0.2) is 28.3 Å². The molecule has 0 radical (unpaired) electrons. The van der Waals surface area contributed by atoms with Crippen molar-refractivity contribution in [3.63, 3.8) is 0 Å². The number of benzene rings is 2. The van der Waals surface area contributed by atoms with E-state index in [4.69, 9.17) is 9.47 Å². The van der Waals surface area contributed by atoms with E-state index in [1.807, 2.05) is 76.2 Å². The topological polar surface area (TPSA) is 64.6 Å². The summed E-state index contributed by atoms with van der Waals surface area (Å²) in [5.74, 6) is 1.50. The average molecular weight is 403 g/mol. The van der Waals surface area contributed by atoms with Gasteiger partial charge in [-0.25, -0.2) is 0 Å². The minimum Gasteiger partial charge on any atom is -0.483 e. The van der Waals surface area contributed by atoms with Crippen LogP contribution in [0.5, 0.6) is 11.5 Å². The summed E-state index contributed by atoms with van der Waals surface area (Å²) in [4.78, 5) is 14.7. The van der Waals surface area contributed by atoms with Crippen molar-refractivity contribution in [1.82, 2.24) is 10.2 Å². The van der Waals surface area contributed by atoms with Crippen molar-refractivity contribution in [3.8, 4) is 11.5 Å². The van der Waals surface area contributed by atoms with Gasteiger partial charge in [-0.3, -0.25) is 9.69 Å². The first-order valence-electron chi connectivity index (χ1n) is 9.96. The first kappa shape index (κ1) is 19.9. The lowest BCUT2D eigenvalue weighted by Crippen LogP contribution is -2.32. The van der Waals surface area contributed by atoms with Gasteiger partial charge in [0, 0.05) is 12.0 Å². The molecular weight excluding hydrogens is 378 g/mol. The van der Waals surface area contributed by atoms with E-state index in [0.29, 0.717) is 23.0 Å². The highest BCUT2D eigenvalue weighted by atomic mass is 16.5. The van der Waals surface area contributed by atoms with E-state index in [1.54, 1.807) is 6.07 Å². The summed E-state index contributed by atoms with van der Waals surface area (Å²) in [6.45, 7) is 7.79. The molecule has 1 amide bonds. The van der Waals surface area contributed by atoms with Crippen LogP contribution in [-0.2, 0) is 11.2 Å². The molecule has 2 heterocycles. The van der Waals surface area contributed by atoms with Gasteiger partial charge in [0.2, 0.25) is 0 Å². The van der Waals surface area contributed by atoms with Crippen molar-refractivity contribution < 1.29 is 14.3 Å². The van der Waals surface area contributed by atoms with Crippen LogP contribution in [0.2, 0.25) is 0 Å². The van der Waals surface area contributed by atoms with E-state index in [2.05, 4.69) is 10.2 Å². The highest BCUT2D eigenvalue weighted by molar-refractivity contribution is 6.00. The third-order valence-electron chi connectivity index (χ3n) is 4.96. The maximum atomic E-state index is 13.2. The van der Waals surface area contributed by atoms with Gasteiger partial charge in [-0.2, -0.15) is 5.10 Å². The number of anilines is 2. The first-order valence-corrected chi connectivity index (χ1v) is 9.96. The molecule has 0 saturated heterocycles. The lowest BCUT2D eigenvalue weighted by Gasteiger charge is -2.22. The van der Waals surface area contributed by atoms with Crippen LogP contribution in [0.1, 0.15) is 30.7 Å². The summed E-state index contributed by atoms with van der Waals surface area (Å²) in [5, 5.41) is 8.31. The second-order valence-corrected chi connectivity index (χ2v) is 8.17. The number of aromatic nitrogens is 2. The highest BCUT2D eigenvalue weighted by Crippen LogP contribution is 2.41. The van der Waals surface area contributed by atoms with Gasteiger partial charge in [-0.1, -0.05) is 29.8 Å². The van der Waals surface area contributed by atoms with Gasteiger partial charge in [0.25, 0.3) is 5.91 Å². The zero-order valence-corrected chi connectivity index (χ0v) is 17.7. The number of carbonyl (C=O) groups excluding carboxylic acids is 1. The highest BCUT2D eigenvalue weighted by Gasteiger charge is 2.32. The molecule has 2 aromatic carbocycles. The van der Waals surface area contributed by atoms with Crippen LogP contribution >= 0.6 is 0 Å². The molecule has 0 N–H and O–H groups in total. The SMILES string of the molecule is Cc1ccc(N(C(=O)COc2cccc3c2OC(C)(C)C3)c2ccc(C)nn2)cc1. The number of amides is 1. The summed E-state index contributed by atoms with van der Waals surface area (Å²) in [5.41, 5.74) is 3.41. The van der Waals surface area contributed by atoms with Crippen molar-refractivity contribution in [2.45, 2.75) is 39.7 Å². The maximum absolute atomic E-state index is 13.2. The molecule has 4 rings (SSSR count). The number of carbonyl (C=O) groups is 1. The van der Waals surface area contributed by atoms with Crippen LogP contribution in [0.25, 0.3) is 0 Å². The van der Waals surface area contributed by atoms with Gasteiger partial charge in [0.1, 0.15) is 5.60 Å². The smallest absolute Gasteiger partial charge is 0.270 e. The Morgan fingerprint density at radius 2 is 1.83 bits per heavy atom. The molecule has 0 atom stereocenters. The van der Waals surface area contributed by atoms with Crippen molar-refractivity contribution in [2.24, 2.45) is 0 Å². The molecule has 0 spiro atoms. The third kappa shape index (κ3) is 4.13. The van der Waals surface area contributed by atoms with Gasteiger partial charge in [0.05, 0.1) is 11.4 Å². The molecule has 0 bridgehead atoms. The Morgan fingerprint density at radius 1 is 1.07 bits per heavy atom. The monoisotopic (exact) mass is 403 g/mol. The summed E-state index contributed by atoms with van der Waals surface area (Å²) < 4.78 is 12.0. The fourth-order valence-electron chi connectivity index (χ4n) is 3.51. The molecule has 6 heteroatoms. The Balaban J connectivity index is 1.58. The Bertz CT molecular complexity index is 1010. The first-order chi connectivity index (χ1) is 14.3. The largest absolute Gasteiger partial charge is 0.483 e. The maximum Gasteiger partial charge on any atom is 0.270 e. The van der Waals surface area contributed by atoms with Gasteiger partial charge in [-0.05, 0) is 58.0 Å². The van der Waals surface area contributed by atoms with Crippen molar-refractivity contribution in [2.75, 3.05) is 11.5 Å². The number of hydrogen-bond donors (Lipinski definition) is 0. The Morgan fingerprint density at radius 3 is 2.53 bits per heavy atom. The Kier molecular flexibility index (Phi) is 5.16. The number of nitrogens with zero attached hydrogens (tertiary/aromatic N) is 3. The van der Waals surface area contributed by atoms with Gasteiger partial charge in [0.15, 0.2) is 23.9 Å². The molecule has 154 valence electrons. The van der Waals surface area contributed by atoms with Crippen LogP contribution in [0.4, 0.5) is 11.5 Å². The molecule has 6 nitrogen and oxygen atoms in total. The van der Waals surface area contributed by atoms with E-state index in [9.17, 15) is 4.79 Å². The molecular formula is C24H25N3O3. The lowest BCUT2D eigenvalue weighted by atomic mass is 10.0. The van der Waals surface area contributed by atoms with Crippen LogP contribution in [0.3, 0.4) is 0 Å². The summed E-state index contributed by atoms with van der Waals surface area (Å²) in [6, 6.07) is 17.1. The summed E-state index contributed by atoms with van der Waals surface area (Å²) in [7, 11) is 0. The van der Waals surface area contributed by atoms with Crippen LogP contribution in [0, 0.1) is 13.8 Å². The van der Waals surface area contributed by atoms with Crippen molar-refractivity contribution in [3.05, 3.63) is 71.4 Å². The number of fused-ring (bicyclic) bond motifs is 1. The average Bonchev–Trinajstić information content (AvgIpc) is 3.04. The molecule has 0 unspecified atom stereocenters. The van der Waals surface area contributed by atoms with Gasteiger partial charge >= 0.3 is 0 Å². The van der Waals surface area contributed by atoms with Gasteiger partial charge < -0.3 is 9.47 Å². The molecule has 1 aliphatic rings. The standard InChI is InChI=1S/C24H25N3O3/c1-16-8-11-19(12-9-16)27(21-13-10-17(2)25-26-21)22(28)15-29-20-7-5-6-18-14-24(3,4)30-23(18)20/h5-13H,14-15H2,1-4H3. The molecule has 3 aromatic rings. The number of rotatable bonds is 5. The van der Waals surface area contributed by atoms with E-state index < -0.39 is 0 Å². The van der Waals surface area contributed by atoms with Crippen LogP contribution < -0.4 is 14.4 Å². The number of hydrogen-bond acceptors (Lipinski definition) is 5. The van der Waals surface area contributed by atoms with E-state index in [-0.39, 0.29) is 18.1 Å². The number of aryl methyl sites for hydroxylation is 2. The van der Waals surface area contributed by atoms with Crippen LogP contribution in [0.15, 0.2) is 54.6 Å². The van der Waals surface area contributed by atoms with Gasteiger partial charge in [-0.15, -0.1) is 5.10 Å². The predicted molar refractivity (Wildman–Crippen MR) is 115 cm³/mol. The second-order valence-electron chi connectivity index (χ2n) is 8.17. The van der Waals surface area contributed by atoms with E-state index >= 15 is 0 Å². The van der Waals surface area contributed by atoms with Crippen molar-refractivity contribution >= 4 is 17.4 Å². The summed E-state index contributed by atoms with van der Waals surface area (Å²) in [6.07, 6.45) is 0.807. The third-order valence-corrected chi connectivity index (χ3v) is 4.96. The molecule has 1 aliphatic heterocycles. The Labute approximate surface area is 176 Å². The second kappa shape index (κ2) is 7.78. The number of para-hydroxylation sites is 1. The van der Waals surface area contributed by atoms with E-state index in [1.165, 1.54) is 4.90 Å². The molecule has 0 fully saturated rings. The fourth-order valence-corrected chi connectivity index (χ4v) is 3.51. The zero-order chi connectivity index (χ0) is 21.3. The molecule has 0 aliphatic carbocycles. The minimum absolute atomic E-state index is 0.149. The zero-order valence-electron chi connectivity index (χ0n) is 17.7. The molecule has 30 heavy (non-hydrogen) atoms. The Hall–Kier alpha value is -3.41. The summed E-state index contributed by atoms with van der Waals surface area (Å²) >= 11 is 0. The minimum atomic E-state index is -0.281. The predicted octanol–water partition coefficient (Wildman–Crippen LogP) is 4.55. The van der Waals surface area contributed by atoms with E-state index in [0.717, 1.165) is 23.2 Å². The normalized spacial score (nSPS) is 14.0. The lowest BCUT2D eigenvalue weighted by molar-refractivity contribution is -0.119. The molecule has 1 aromatic heterocycles. The quantitative estimate of drug-likeness (QED) is 0.625. The fraction of sp³-hybridized carbons (Fsp3) is 0.292. The number of ether oxygens (including phenoxy) is 2.